The minimum atomic E-state index is -0.348. The predicted molar refractivity (Wildman–Crippen MR) is 90.5 cm³/mol. The molecule has 0 aliphatic carbocycles. The minimum Gasteiger partial charge on any atom is -0.369 e. The Morgan fingerprint density at radius 3 is 2.00 bits per heavy atom. The van der Waals surface area contributed by atoms with Crippen LogP contribution in [0.3, 0.4) is 0 Å². The second-order valence-corrected chi connectivity index (χ2v) is 7.77. The lowest BCUT2D eigenvalue weighted by molar-refractivity contribution is -0.138. The van der Waals surface area contributed by atoms with Crippen LogP contribution in [0.4, 0.5) is 5.69 Å². The van der Waals surface area contributed by atoms with Crippen molar-refractivity contribution < 1.29 is 4.79 Å². The summed E-state index contributed by atoms with van der Waals surface area (Å²) in [4.78, 5) is 16.4. The predicted octanol–water partition coefficient (Wildman–Crippen LogP) is 3.93. The zero-order valence-electron chi connectivity index (χ0n) is 14.8. The quantitative estimate of drug-likeness (QED) is 0.842. The molecule has 0 aliphatic rings. The van der Waals surface area contributed by atoms with Crippen LogP contribution in [0.15, 0.2) is 24.3 Å². The molecule has 0 saturated heterocycles. The summed E-state index contributed by atoms with van der Waals surface area (Å²) in [6, 6.07) is 8.30. The van der Waals surface area contributed by atoms with E-state index in [0.717, 1.165) is 0 Å². The van der Waals surface area contributed by atoms with Crippen molar-refractivity contribution in [2.45, 2.75) is 53.6 Å². The number of nitrogens with zero attached hydrogens (tertiary/aromatic N) is 2. The van der Waals surface area contributed by atoms with Crippen molar-refractivity contribution in [2.24, 2.45) is 5.41 Å². The SMILES string of the molecule is CN(Cc1ccccc1N(C)C(C)(C)C)C(=O)C(C)(C)C. The number of hydrogen-bond donors (Lipinski definition) is 0. The zero-order valence-corrected chi connectivity index (χ0v) is 14.8. The van der Waals surface area contributed by atoms with E-state index in [2.05, 4.69) is 44.9 Å². The maximum atomic E-state index is 12.4. The van der Waals surface area contributed by atoms with Gasteiger partial charge in [0.15, 0.2) is 0 Å². The smallest absolute Gasteiger partial charge is 0.227 e. The molecular weight excluding hydrogens is 260 g/mol. The fraction of sp³-hybridized carbons (Fsp3) is 0.611. The number of para-hydroxylation sites is 1. The van der Waals surface area contributed by atoms with Crippen LogP contribution in [0, 0.1) is 5.41 Å². The molecule has 118 valence electrons. The Morgan fingerprint density at radius 1 is 1.00 bits per heavy atom. The maximum Gasteiger partial charge on any atom is 0.227 e. The zero-order chi connectivity index (χ0) is 16.4. The highest BCUT2D eigenvalue weighted by Gasteiger charge is 2.26. The van der Waals surface area contributed by atoms with Crippen LogP contribution in [-0.4, -0.2) is 30.4 Å². The van der Waals surface area contributed by atoms with E-state index in [1.165, 1.54) is 11.3 Å². The molecule has 0 unspecified atom stereocenters. The monoisotopic (exact) mass is 290 g/mol. The van der Waals surface area contributed by atoms with E-state index in [4.69, 9.17) is 0 Å². The standard InChI is InChI=1S/C18H30N2O/c1-17(2,3)16(21)19(7)13-14-11-9-10-12-15(14)20(8)18(4,5)6/h9-12H,13H2,1-8H3. The topological polar surface area (TPSA) is 23.6 Å². The number of amides is 1. The third kappa shape index (κ3) is 4.48. The molecule has 0 spiro atoms. The number of carbonyl (C=O) groups excluding carboxylic acids is 1. The minimum absolute atomic E-state index is 0.0444. The highest BCUT2D eigenvalue weighted by molar-refractivity contribution is 5.81. The molecular formula is C18H30N2O. The summed E-state index contributed by atoms with van der Waals surface area (Å²) in [7, 11) is 3.98. The molecule has 0 aromatic heterocycles. The van der Waals surface area contributed by atoms with Crippen molar-refractivity contribution in [3.63, 3.8) is 0 Å². The van der Waals surface area contributed by atoms with Gasteiger partial charge in [-0.25, -0.2) is 0 Å². The molecule has 0 atom stereocenters. The Morgan fingerprint density at radius 2 is 1.52 bits per heavy atom. The van der Waals surface area contributed by atoms with Crippen LogP contribution in [0.1, 0.15) is 47.1 Å². The Kier molecular flexibility index (Phi) is 5.08. The Balaban J connectivity index is 3.03. The molecule has 3 heteroatoms. The molecule has 1 amide bonds. The first-order valence-corrected chi connectivity index (χ1v) is 7.52. The van der Waals surface area contributed by atoms with Gasteiger partial charge in [0.25, 0.3) is 0 Å². The first-order chi connectivity index (χ1) is 9.44. The summed E-state index contributed by atoms with van der Waals surface area (Å²) in [5.74, 6) is 0.163. The fourth-order valence-corrected chi connectivity index (χ4v) is 2.23. The fourth-order valence-electron chi connectivity index (χ4n) is 2.23. The van der Waals surface area contributed by atoms with E-state index in [1.54, 1.807) is 0 Å². The van der Waals surface area contributed by atoms with E-state index in [9.17, 15) is 4.79 Å². The summed E-state index contributed by atoms with van der Waals surface area (Å²) >= 11 is 0. The van der Waals surface area contributed by atoms with Gasteiger partial charge in [0.1, 0.15) is 0 Å². The van der Waals surface area contributed by atoms with Crippen molar-refractivity contribution >= 4 is 11.6 Å². The van der Waals surface area contributed by atoms with Crippen LogP contribution >= 0.6 is 0 Å². The average molecular weight is 290 g/mol. The van der Waals surface area contributed by atoms with Crippen molar-refractivity contribution in [3.8, 4) is 0 Å². The first kappa shape index (κ1) is 17.5. The van der Waals surface area contributed by atoms with Crippen molar-refractivity contribution in [1.29, 1.82) is 0 Å². The van der Waals surface area contributed by atoms with Crippen molar-refractivity contribution in [1.82, 2.24) is 4.90 Å². The van der Waals surface area contributed by atoms with E-state index < -0.39 is 0 Å². The van der Waals surface area contributed by atoms with Gasteiger partial charge in [-0.3, -0.25) is 4.79 Å². The van der Waals surface area contributed by atoms with Crippen molar-refractivity contribution in [3.05, 3.63) is 29.8 Å². The molecule has 1 rings (SSSR count). The van der Waals surface area contributed by atoms with E-state index in [1.807, 2.05) is 44.9 Å². The van der Waals surface area contributed by atoms with Crippen LogP contribution in [0.2, 0.25) is 0 Å². The largest absolute Gasteiger partial charge is 0.369 e. The Labute approximate surface area is 129 Å². The molecule has 0 N–H and O–H groups in total. The maximum absolute atomic E-state index is 12.4. The molecule has 0 aliphatic heterocycles. The highest BCUT2D eigenvalue weighted by Crippen LogP contribution is 2.27. The lowest BCUT2D eigenvalue weighted by Gasteiger charge is -2.36. The molecule has 1 aromatic carbocycles. The number of carbonyl (C=O) groups is 1. The van der Waals surface area contributed by atoms with Crippen LogP contribution < -0.4 is 4.90 Å². The second kappa shape index (κ2) is 6.08. The van der Waals surface area contributed by atoms with Gasteiger partial charge in [-0.1, -0.05) is 39.0 Å². The van der Waals surface area contributed by atoms with E-state index in [-0.39, 0.29) is 16.9 Å². The third-order valence-electron chi connectivity index (χ3n) is 3.76. The average Bonchev–Trinajstić information content (AvgIpc) is 2.35. The van der Waals surface area contributed by atoms with E-state index >= 15 is 0 Å². The third-order valence-corrected chi connectivity index (χ3v) is 3.76. The summed E-state index contributed by atoms with van der Waals surface area (Å²) in [6.45, 7) is 13.1. The summed E-state index contributed by atoms with van der Waals surface area (Å²) in [6.07, 6.45) is 0. The van der Waals surface area contributed by atoms with Gasteiger partial charge in [-0.15, -0.1) is 0 Å². The normalized spacial score (nSPS) is 12.2. The molecule has 0 radical (unpaired) electrons. The van der Waals surface area contributed by atoms with Crippen LogP contribution in [0.5, 0.6) is 0 Å². The molecule has 0 fully saturated rings. The van der Waals surface area contributed by atoms with Gasteiger partial charge in [0.05, 0.1) is 0 Å². The van der Waals surface area contributed by atoms with Crippen molar-refractivity contribution in [2.75, 3.05) is 19.0 Å². The molecule has 3 nitrogen and oxygen atoms in total. The first-order valence-electron chi connectivity index (χ1n) is 7.52. The van der Waals surface area contributed by atoms with E-state index in [0.29, 0.717) is 6.54 Å². The molecule has 0 bridgehead atoms. The summed E-state index contributed by atoms with van der Waals surface area (Å²) in [5, 5.41) is 0. The molecule has 0 saturated carbocycles. The highest BCUT2D eigenvalue weighted by atomic mass is 16.2. The molecule has 21 heavy (non-hydrogen) atoms. The van der Waals surface area contributed by atoms with Gasteiger partial charge in [0.2, 0.25) is 5.91 Å². The van der Waals surface area contributed by atoms with Gasteiger partial charge >= 0.3 is 0 Å². The summed E-state index contributed by atoms with van der Waals surface area (Å²) in [5.41, 5.74) is 2.05. The Bertz CT molecular complexity index is 495. The van der Waals surface area contributed by atoms with Gasteiger partial charge in [0, 0.05) is 37.3 Å². The Hall–Kier alpha value is -1.51. The number of rotatable bonds is 3. The summed E-state index contributed by atoms with van der Waals surface area (Å²) < 4.78 is 0. The van der Waals surface area contributed by atoms with Gasteiger partial charge < -0.3 is 9.80 Å². The van der Waals surface area contributed by atoms with Crippen LogP contribution in [-0.2, 0) is 11.3 Å². The lowest BCUT2D eigenvalue weighted by Crippen LogP contribution is -2.40. The van der Waals surface area contributed by atoms with Gasteiger partial charge in [-0.2, -0.15) is 0 Å². The molecule has 1 aromatic rings. The van der Waals surface area contributed by atoms with Crippen LogP contribution in [0.25, 0.3) is 0 Å². The molecule has 0 heterocycles. The number of benzene rings is 1. The number of anilines is 1. The number of hydrogen-bond acceptors (Lipinski definition) is 2. The lowest BCUT2D eigenvalue weighted by atomic mass is 9.94. The second-order valence-electron chi connectivity index (χ2n) is 7.77. The van der Waals surface area contributed by atoms with Gasteiger partial charge in [-0.05, 0) is 32.4 Å².